The first kappa shape index (κ1) is 17.1. The van der Waals surface area contributed by atoms with Crippen LogP contribution in [0.3, 0.4) is 0 Å². The SMILES string of the molecule is CC(C)(C)c1cc(O)c(O)c(CN2CCCS(=O)(=O)CC2)c1. The summed E-state index contributed by atoms with van der Waals surface area (Å²) in [7, 11) is -2.95. The Balaban J connectivity index is 2.24. The number of hydrogen-bond donors (Lipinski definition) is 2. The van der Waals surface area contributed by atoms with Gasteiger partial charge in [0.15, 0.2) is 21.3 Å². The molecule has 1 fully saturated rings. The molecule has 1 aromatic rings. The Bertz CT molecular complexity index is 647. The van der Waals surface area contributed by atoms with Crippen molar-refractivity contribution in [3.05, 3.63) is 23.3 Å². The van der Waals surface area contributed by atoms with E-state index in [0.717, 1.165) is 5.56 Å². The van der Waals surface area contributed by atoms with Gasteiger partial charge in [0.1, 0.15) is 0 Å². The second-order valence-corrected chi connectivity index (χ2v) is 9.34. The minimum Gasteiger partial charge on any atom is -0.504 e. The van der Waals surface area contributed by atoms with Crippen molar-refractivity contribution in [1.82, 2.24) is 4.90 Å². The molecule has 0 saturated carbocycles. The smallest absolute Gasteiger partial charge is 0.162 e. The van der Waals surface area contributed by atoms with Crippen molar-refractivity contribution in [3.8, 4) is 11.5 Å². The molecule has 0 spiro atoms. The molecule has 1 aromatic carbocycles. The summed E-state index contributed by atoms with van der Waals surface area (Å²) < 4.78 is 23.3. The summed E-state index contributed by atoms with van der Waals surface area (Å²) in [6.07, 6.45) is 0.605. The van der Waals surface area contributed by atoms with E-state index in [1.54, 1.807) is 6.07 Å². The molecule has 124 valence electrons. The summed E-state index contributed by atoms with van der Waals surface area (Å²) in [5.74, 6) is 0.145. The quantitative estimate of drug-likeness (QED) is 0.813. The van der Waals surface area contributed by atoms with Gasteiger partial charge in [0.25, 0.3) is 0 Å². The van der Waals surface area contributed by atoms with Gasteiger partial charge in [-0.25, -0.2) is 8.42 Å². The van der Waals surface area contributed by atoms with E-state index >= 15 is 0 Å². The number of aromatic hydroxyl groups is 2. The molecule has 0 aromatic heterocycles. The highest BCUT2D eigenvalue weighted by atomic mass is 32.2. The maximum atomic E-state index is 11.7. The lowest BCUT2D eigenvalue weighted by Gasteiger charge is -2.24. The third-order valence-corrected chi connectivity index (χ3v) is 5.79. The van der Waals surface area contributed by atoms with Crippen LogP contribution in [-0.4, -0.2) is 48.1 Å². The number of phenolic OH excluding ortho intramolecular Hbond substituents is 2. The molecule has 0 atom stereocenters. The molecule has 0 radical (unpaired) electrons. The highest BCUT2D eigenvalue weighted by molar-refractivity contribution is 7.91. The molecule has 0 bridgehead atoms. The highest BCUT2D eigenvalue weighted by Crippen LogP contribution is 2.35. The lowest BCUT2D eigenvalue weighted by Crippen LogP contribution is -2.27. The summed E-state index contributed by atoms with van der Waals surface area (Å²) >= 11 is 0. The van der Waals surface area contributed by atoms with Crippen LogP contribution in [0.2, 0.25) is 0 Å². The second kappa shape index (κ2) is 6.08. The third-order valence-electron chi connectivity index (χ3n) is 4.08. The summed E-state index contributed by atoms with van der Waals surface area (Å²) in [6, 6.07) is 3.49. The molecule has 1 aliphatic rings. The minimum atomic E-state index is -2.95. The molecule has 2 rings (SSSR count). The molecular formula is C16H25NO4S. The van der Waals surface area contributed by atoms with Crippen molar-refractivity contribution in [1.29, 1.82) is 0 Å². The first-order valence-corrected chi connectivity index (χ1v) is 9.39. The molecule has 0 unspecified atom stereocenters. The topological polar surface area (TPSA) is 77.8 Å². The Morgan fingerprint density at radius 3 is 2.45 bits per heavy atom. The zero-order chi connectivity index (χ0) is 16.5. The fraction of sp³-hybridized carbons (Fsp3) is 0.625. The standard InChI is InChI=1S/C16H25NO4S/c1-16(2,3)13-9-12(15(19)14(18)10-13)11-17-5-4-7-22(20,21)8-6-17/h9-10,18-19H,4-8,11H2,1-3H3. The Kier molecular flexibility index (Phi) is 4.73. The maximum Gasteiger partial charge on any atom is 0.162 e. The van der Waals surface area contributed by atoms with Gasteiger partial charge in [0, 0.05) is 18.7 Å². The van der Waals surface area contributed by atoms with Crippen LogP contribution in [0.15, 0.2) is 12.1 Å². The zero-order valence-corrected chi connectivity index (χ0v) is 14.3. The molecular weight excluding hydrogens is 302 g/mol. The van der Waals surface area contributed by atoms with Crippen molar-refractivity contribution in [3.63, 3.8) is 0 Å². The zero-order valence-electron chi connectivity index (χ0n) is 13.5. The average molecular weight is 327 g/mol. The van der Waals surface area contributed by atoms with E-state index in [2.05, 4.69) is 0 Å². The van der Waals surface area contributed by atoms with Crippen molar-refractivity contribution >= 4 is 9.84 Å². The van der Waals surface area contributed by atoms with Gasteiger partial charge in [-0.05, 0) is 30.0 Å². The summed E-state index contributed by atoms with van der Waals surface area (Å²) in [5, 5.41) is 20.0. The van der Waals surface area contributed by atoms with E-state index in [0.29, 0.717) is 31.6 Å². The fourth-order valence-electron chi connectivity index (χ4n) is 2.62. The Morgan fingerprint density at radius 2 is 1.82 bits per heavy atom. The monoisotopic (exact) mass is 327 g/mol. The van der Waals surface area contributed by atoms with Gasteiger partial charge in [-0.3, -0.25) is 4.90 Å². The number of rotatable bonds is 2. The van der Waals surface area contributed by atoms with Gasteiger partial charge in [-0.2, -0.15) is 0 Å². The number of benzene rings is 1. The first-order valence-electron chi connectivity index (χ1n) is 7.56. The predicted molar refractivity (Wildman–Crippen MR) is 87.0 cm³/mol. The van der Waals surface area contributed by atoms with Crippen LogP contribution in [0.25, 0.3) is 0 Å². The molecule has 0 amide bonds. The molecule has 5 nitrogen and oxygen atoms in total. The van der Waals surface area contributed by atoms with Crippen LogP contribution >= 0.6 is 0 Å². The fourth-order valence-corrected chi connectivity index (χ4v) is 3.93. The normalized spacial score (nSPS) is 19.8. The molecule has 6 heteroatoms. The van der Waals surface area contributed by atoms with E-state index in [9.17, 15) is 18.6 Å². The van der Waals surface area contributed by atoms with Crippen LogP contribution in [0.1, 0.15) is 38.3 Å². The largest absolute Gasteiger partial charge is 0.504 e. The lowest BCUT2D eigenvalue weighted by molar-refractivity contribution is 0.280. The van der Waals surface area contributed by atoms with Gasteiger partial charge >= 0.3 is 0 Å². The van der Waals surface area contributed by atoms with Gasteiger partial charge in [-0.15, -0.1) is 0 Å². The maximum absolute atomic E-state index is 11.7. The predicted octanol–water partition coefficient (Wildman–Crippen LogP) is 2.02. The Morgan fingerprint density at radius 1 is 1.14 bits per heavy atom. The van der Waals surface area contributed by atoms with Crippen molar-refractivity contribution < 1.29 is 18.6 Å². The molecule has 0 aliphatic carbocycles. The Hall–Kier alpha value is -1.27. The van der Waals surface area contributed by atoms with Crippen LogP contribution < -0.4 is 0 Å². The number of nitrogens with zero attached hydrogens (tertiary/aromatic N) is 1. The van der Waals surface area contributed by atoms with Gasteiger partial charge < -0.3 is 10.2 Å². The number of hydrogen-bond acceptors (Lipinski definition) is 5. The van der Waals surface area contributed by atoms with Crippen molar-refractivity contribution in [2.75, 3.05) is 24.6 Å². The number of sulfone groups is 1. The van der Waals surface area contributed by atoms with E-state index in [1.807, 2.05) is 31.7 Å². The molecule has 1 saturated heterocycles. The van der Waals surface area contributed by atoms with E-state index in [4.69, 9.17) is 0 Å². The minimum absolute atomic E-state index is 0.111. The third kappa shape index (κ3) is 4.14. The lowest BCUT2D eigenvalue weighted by atomic mass is 9.85. The Labute approximate surface area is 132 Å². The van der Waals surface area contributed by atoms with Crippen molar-refractivity contribution in [2.24, 2.45) is 0 Å². The molecule has 1 aliphatic heterocycles. The van der Waals surface area contributed by atoms with E-state index in [1.165, 1.54) is 0 Å². The van der Waals surface area contributed by atoms with Crippen molar-refractivity contribution in [2.45, 2.75) is 39.2 Å². The summed E-state index contributed by atoms with van der Waals surface area (Å²) in [6.45, 7) is 7.71. The summed E-state index contributed by atoms with van der Waals surface area (Å²) in [5.41, 5.74) is 1.45. The van der Waals surface area contributed by atoms with Gasteiger partial charge in [0.05, 0.1) is 11.5 Å². The molecule has 2 N–H and O–H groups in total. The van der Waals surface area contributed by atoms with E-state index < -0.39 is 9.84 Å². The number of phenols is 2. The van der Waals surface area contributed by atoms with Crippen LogP contribution in [0.4, 0.5) is 0 Å². The van der Waals surface area contributed by atoms with Crippen LogP contribution in [0, 0.1) is 0 Å². The summed E-state index contributed by atoms with van der Waals surface area (Å²) in [4.78, 5) is 2.02. The molecule has 22 heavy (non-hydrogen) atoms. The van der Waals surface area contributed by atoms with Gasteiger partial charge in [0.2, 0.25) is 0 Å². The highest BCUT2D eigenvalue weighted by Gasteiger charge is 2.22. The van der Waals surface area contributed by atoms with Crippen LogP contribution in [-0.2, 0) is 21.8 Å². The average Bonchev–Trinajstić information content (AvgIpc) is 2.55. The first-order chi connectivity index (χ1) is 10.1. The second-order valence-electron chi connectivity index (χ2n) is 7.03. The van der Waals surface area contributed by atoms with E-state index in [-0.39, 0.29) is 28.4 Å². The van der Waals surface area contributed by atoms with Gasteiger partial charge in [-0.1, -0.05) is 26.8 Å². The van der Waals surface area contributed by atoms with Crippen LogP contribution in [0.5, 0.6) is 11.5 Å². The molecule has 1 heterocycles.